The van der Waals surface area contributed by atoms with Gasteiger partial charge in [0.1, 0.15) is 0 Å². The summed E-state index contributed by atoms with van der Waals surface area (Å²) in [6.45, 7) is 10.5. The number of halogens is 1. The molecule has 0 aromatic heterocycles. The Morgan fingerprint density at radius 2 is 1.85 bits per heavy atom. The average Bonchev–Trinajstić information content (AvgIpc) is 2.63. The molecule has 0 radical (unpaired) electrons. The number of ether oxygens (including phenoxy) is 3. The van der Waals surface area contributed by atoms with Crippen LogP contribution in [0, 0.1) is 0 Å². The van der Waals surface area contributed by atoms with Crippen molar-refractivity contribution in [2.75, 3.05) is 40.0 Å². The molecule has 2 N–H and O–H groups in total. The highest BCUT2D eigenvalue weighted by atomic mass is 127. The van der Waals surface area contributed by atoms with Crippen LogP contribution < -0.4 is 20.1 Å². The molecule has 26 heavy (non-hydrogen) atoms. The first-order valence-corrected chi connectivity index (χ1v) is 9.14. The molecule has 1 rings (SSSR count). The molecule has 7 heteroatoms. The van der Waals surface area contributed by atoms with E-state index in [1.807, 2.05) is 32.0 Å². The van der Waals surface area contributed by atoms with E-state index in [1.54, 1.807) is 7.11 Å². The monoisotopic (exact) mass is 479 g/mol. The number of nitrogens with zero attached hydrogens (tertiary/aromatic N) is 1. The van der Waals surface area contributed by atoms with Crippen molar-refractivity contribution in [3.05, 3.63) is 23.8 Å². The highest BCUT2D eigenvalue weighted by Gasteiger charge is 2.05. The maximum atomic E-state index is 5.62. The minimum atomic E-state index is 0. The molecule has 0 spiro atoms. The molecule has 0 saturated carbocycles. The summed E-state index contributed by atoms with van der Waals surface area (Å²) in [5.74, 6) is 2.33. The van der Waals surface area contributed by atoms with Crippen molar-refractivity contribution in [1.29, 1.82) is 0 Å². The first kappa shape index (κ1) is 24.8. The highest BCUT2D eigenvalue weighted by Crippen LogP contribution is 2.28. The van der Waals surface area contributed by atoms with Gasteiger partial charge in [0.15, 0.2) is 17.5 Å². The number of benzene rings is 1. The van der Waals surface area contributed by atoms with Crippen LogP contribution in [0.5, 0.6) is 11.5 Å². The van der Waals surface area contributed by atoms with Gasteiger partial charge in [0.05, 0.1) is 20.3 Å². The molecule has 6 nitrogen and oxygen atoms in total. The second-order valence-corrected chi connectivity index (χ2v) is 5.44. The van der Waals surface area contributed by atoms with Crippen LogP contribution in [-0.2, 0) is 11.3 Å². The summed E-state index contributed by atoms with van der Waals surface area (Å²) in [5, 5.41) is 6.63. The smallest absolute Gasteiger partial charge is 0.191 e. The normalized spacial score (nSPS) is 10.8. The molecule has 0 fully saturated rings. The molecule has 0 aliphatic heterocycles. The second-order valence-electron chi connectivity index (χ2n) is 5.44. The summed E-state index contributed by atoms with van der Waals surface area (Å²) < 4.78 is 16.3. The largest absolute Gasteiger partial charge is 0.493 e. The van der Waals surface area contributed by atoms with Gasteiger partial charge in [0.2, 0.25) is 0 Å². The fraction of sp³-hybridized carbons (Fsp3) is 0.632. The molecular formula is C19H34IN3O3. The van der Waals surface area contributed by atoms with Crippen LogP contribution in [0.25, 0.3) is 0 Å². The van der Waals surface area contributed by atoms with Crippen LogP contribution in [0.15, 0.2) is 23.2 Å². The summed E-state index contributed by atoms with van der Waals surface area (Å²) in [7, 11) is 1.65. The van der Waals surface area contributed by atoms with E-state index in [4.69, 9.17) is 14.2 Å². The molecule has 150 valence electrons. The molecule has 0 bridgehead atoms. The first-order valence-electron chi connectivity index (χ1n) is 9.14. The predicted octanol–water partition coefficient (Wildman–Crippen LogP) is 3.58. The fourth-order valence-electron chi connectivity index (χ4n) is 2.28. The summed E-state index contributed by atoms with van der Waals surface area (Å²) >= 11 is 0. The number of unbranched alkanes of at least 4 members (excludes halogenated alkanes) is 1. The van der Waals surface area contributed by atoms with Gasteiger partial charge in [-0.1, -0.05) is 6.07 Å². The molecule has 1 aromatic carbocycles. The third kappa shape index (κ3) is 10.1. The Morgan fingerprint density at radius 1 is 1.04 bits per heavy atom. The van der Waals surface area contributed by atoms with Gasteiger partial charge in [-0.3, -0.25) is 0 Å². The zero-order chi connectivity index (χ0) is 18.3. The minimum absolute atomic E-state index is 0. The number of rotatable bonds is 12. The standard InChI is InChI=1S/C19H33N3O3.HI/c1-5-20-19(21-12-8-9-13-24-6-2)22-15-16-10-11-17(23-4)18(14-16)25-7-3;/h10-11,14H,5-9,12-13,15H2,1-4H3,(H2,20,21,22);1H. The molecule has 0 aliphatic carbocycles. The van der Waals surface area contributed by atoms with Crippen molar-refractivity contribution < 1.29 is 14.2 Å². The first-order chi connectivity index (χ1) is 12.2. The van der Waals surface area contributed by atoms with Gasteiger partial charge >= 0.3 is 0 Å². The number of aliphatic imine (C=N–C) groups is 1. The summed E-state index contributed by atoms with van der Waals surface area (Å²) in [5.41, 5.74) is 1.08. The number of hydrogen-bond acceptors (Lipinski definition) is 4. The van der Waals surface area contributed by atoms with Gasteiger partial charge in [0.25, 0.3) is 0 Å². The Balaban J connectivity index is 0.00000625. The Bertz CT molecular complexity index is 513. The lowest BCUT2D eigenvalue weighted by Gasteiger charge is -2.12. The summed E-state index contributed by atoms with van der Waals surface area (Å²) in [6, 6.07) is 5.91. The number of hydrogen-bond donors (Lipinski definition) is 2. The van der Waals surface area contributed by atoms with Crippen LogP contribution in [0.4, 0.5) is 0 Å². The van der Waals surface area contributed by atoms with Gasteiger partial charge in [-0.15, -0.1) is 24.0 Å². The molecule has 0 aliphatic rings. The van der Waals surface area contributed by atoms with E-state index in [0.717, 1.165) is 62.2 Å². The van der Waals surface area contributed by atoms with E-state index in [1.165, 1.54) is 0 Å². The van der Waals surface area contributed by atoms with Crippen LogP contribution in [0.2, 0.25) is 0 Å². The maximum Gasteiger partial charge on any atom is 0.191 e. The molecule has 0 amide bonds. The Hall–Kier alpha value is -1.22. The lowest BCUT2D eigenvalue weighted by atomic mass is 10.2. The molecule has 1 aromatic rings. The minimum Gasteiger partial charge on any atom is -0.493 e. The highest BCUT2D eigenvalue weighted by molar-refractivity contribution is 14.0. The zero-order valence-electron chi connectivity index (χ0n) is 16.5. The van der Waals surface area contributed by atoms with Crippen LogP contribution in [-0.4, -0.2) is 46.0 Å². The Morgan fingerprint density at radius 3 is 2.50 bits per heavy atom. The van der Waals surface area contributed by atoms with Crippen molar-refractivity contribution in [3.63, 3.8) is 0 Å². The van der Waals surface area contributed by atoms with Gasteiger partial charge in [0, 0.05) is 26.3 Å². The maximum absolute atomic E-state index is 5.62. The Labute approximate surface area is 175 Å². The molecular weight excluding hydrogens is 445 g/mol. The molecule has 0 atom stereocenters. The number of methoxy groups -OCH3 is 1. The van der Waals surface area contributed by atoms with Crippen LogP contribution in [0.1, 0.15) is 39.2 Å². The SMILES string of the molecule is CCNC(=NCc1ccc(OC)c(OCC)c1)NCCCCOCC.I. The number of guanidine groups is 1. The Kier molecular flexibility index (Phi) is 15.2. The van der Waals surface area contributed by atoms with Gasteiger partial charge < -0.3 is 24.8 Å². The van der Waals surface area contributed by atoms with Crippen molar-refractivity contribution >= 4 is 29.9 Å². The third-order valence-electron chi connectivity index (χ3n) is 3.50. The van der Waals surface area contributed by atoms with E-state index in [2.05, 4.69) is 22.5 Å². The third-order valence-corrected chi connectivity index (χ3v) is 3.50. The van der Waals surface area contributed by atoms with E-state index < -0.39 is 0 Å². The van der Waals surface area contributed by atoms with Crippen molar-refractivity contribution in [2.24, 2.45) is 4.99 Å². The second kappa shape index (κ2) is 16.0. The molecule has 0 unspecified atom stereocenters. The topological polar surface area (TPSA) is 64.1 Å². The van der Waals surface area contributed by atoms with E-state index >= 15 is 0 Å². The van der Waals surface area contributed by atoms with E-state index in [9.17, 15) is 0 Å². The fourth-order valence-corrected chi connectivity index (χ4v) is 2.28. The van der Waals surface area contributed by atoms with E-state index in [-0.39, 0.29) is 24.0 Å². The molecule has 0 saturated heterocycles. The van der Waals surface area contributed by atoms with Gasteiger partial charge in [-0.2, -0.15) is 0 Å². The van der Waals surface area contributed by atoms with Crippen LogP contribution >= 0.6 is 24.0 Å². The summed E-state index contributed by atoms with van der Waals surface area (Å²) in [6.07, 6.45) is 2.11. The average molecular weight is 479 g/mol. The van der Waals surface area contributed by atoms with Crippen LogP contribution in [0.3, 0.4) is 0 Å². The molecule has 0 heterocycles. The summed E-state index contributed by atoms with van der Waals surface area (Å²) in [4.78, 5) is 4.64. The zero-order valence-corrected chi connectivity index (χ0v) is 18.8. The predicted molar refractivity (Wildman–Crippen MR) is 118 cm³/mol. The van der Waals surface area contributed by atoms with Gasteiger partial charge in [-0.05, 0) is 51.3 Å². The lowest BCUT2D eigenvalue weighted by molar-refractivity contribution is 0.143. The number of nitrogens with one attached hydrogen (secondary N) is 2. The van der Waals surface area contributed by atoms with Gasteiger partial charge in [-0.25, -0.2) is 4.99 Å². The van der Waals surface area contributed by atoms with Crippen molar-refractivity contribution in [1.82, 2.24) is 10.6 Å². The van der Waals surface area contributed by atoms with Crippen molar-refractivity contribution in [2.45, 2.75) is 40.2 Å². The lowest BCUT2D eigenvalue weighted by Crippen LogP contribution is -2.37. The quantitative estimate of drug-likeness (QED) is 0.208. The van der Waals surface area contributed by atoms with Crippen molar-refractivity contribution in [3.8, 4) is 11.5 Å². The van der Waals surface area contributed by atoms with E-state index in [0.29, 0.717) is 13.2 Å².